The second kappa shape index (κ2) is 6.17. The Bertz CT molecular complexity index is 350. The van der Waals surface area contributed by atoms with E-state index >= 15 is 0 Å². The molecule has 0 aromatic heterocycles. The molecule has 0 heterocycles. The third kappa shape index (κ3) is 3.87. The molecule has 0 aliphatic rings. The first-order valence-corrected chi connectivity index (χ1v) is 5.97. The molecule has 1 N–H and O–H groups in total. The van der Waals surface area contributed by atoms with Crippen LogP contribution in [0.3, 0.4) is 0 Å². The van der Waals surface area contributed by atoms with Crippen LogP contribution in [0.5, 0.6) is 0 Å². The largest absolute Gasteiger partial charge is 0.309 e. The van der Waals surface area contributed by atoms with Crippen molar-refractivity contribution in [1.29, 1.82) is 0 Å². The van der Waals surface area contributed by atoms with Crippen LogP contribution in [0.4, 0.5) is 0 Å². The minimum Gasteiger partial charge on any atom is -0.309 e. The van der Waals surface area contributed by atoms with Crippen LogP contribution >= 0.6 is 27.5 Å². The van der Waals surface area contributed by atoms with Crippen molar-refractivity contribution in [3.05, 3.63) is 33.3 Å². The van der Waals surface area contributed by atoms with Crippen LogP contribution in [0.2, 0.25) is 5.02 Å². The summed E-state index contributed by atoms with van der Waals surface area (Å²) in [7, 11) is 0. The Balaban J connectivity index is 2.95. The number of halogens is 2. The lowest BCUT2D eigenvalue weighted by Gasteiger charge is -2.16. The van der Waals surface area contributed by atoms with E-state index in [1.54, 1.807) is 0 Å². The van der Waals surface area contributed by atoms with Gasteiger partial charge in [-0.1, -0.05) is 34.5 Å². The number of hydrogen-bond acceptors (Lipinski definition) is 1. The van der Waals surface area contributed by atoms with Crippen molar-refractivity contribution in [1.82, 2.24) is 5.32 Å². The van der Waals surface area contributed by atoms with E-state index < -0.39 is 0 Å². The minimum absolute atomic E-state index is 0.176. The van der Waals surface area contributed by atoms with Crippen LogP contribution in [0.1, 0.15) is 24.9 Å². The Hall–Kier alpha value is -0.490. The summed E-state index contributed by atoms with van der Waals surface area (Å²) in [6.45, 7) is 2.94. The van der Waals surface area contributed by atoms with Gasteiger partial charge in [0.25, 0.3) is 0 Å². The van der Waals surface area contributed by atoms with E-state index in [1.807, 2.05) is 18.2 Å². The zero-order valence-corrected chi connectivity index (χ0v) is 10.9. The summed E-state index contributed by atoms with van der Waals surface area (Å²) in [6, 6.07) is 6.02. The van der Waals surface area contributed by atoms with Crippen LogP contribution in [0.15, 0.2) is 22.7 Å². The Kier molecular flexibility index (Phi) is 5.17. The highest BCUT2D eigenvalue weighted by molar-refractivity contribution is 9.10. The molecule has 15 heavy (non-hydrogen) atoms. The lowest BCUT2D eigenvalue weighted by Crippen LogP contribution is -2.20. The summed E-state index contributed by atoms with van der Waals surface area (Å²) in [5.41, 5.74) is 1.12. The molecule has 80 valence electrons. The van der Waals surface area contributed by atoms with Gasteiger partial charge in [-0.25, -0.2) is 0 Å². The molecular formula is C12H13BrClN. The smallest absolute Gasteiger partial charge is 0.0431 e. The third-order valence-electron chi connectivity index (χ3n) is 2.06. The fraction of sp³-hybridized carbons (Fsp3) is 0.333. The van der Waals surface area contributed by atoms with Gasteiger partial charge in [0.15, 0.2) is 0 Å². The maximum absolute atomic E-state index is 5.99. The SMILES string of the molecule is C#CCC(NCC)c1cc(Cl)cc(Br)c1. The maximum Gasteiger partial charge on any atom is 0.0431 e. The van der Waals surface area contributed by atoms with Crippen LogP contribution in [-0.2, 0) is 0 Å². The Morgan fingerprint density at radius 1 is 1.53 bits per heavy atom. The molecule has 0 radical (unpaired) electrons. The van der Waals surface area contributed by atoms with Gasteiger partial charge in [0, 0.05) is 22.0 Å². The van der Waals surface area contributed by atoms with Gasteiger partial charge in [0.1, 0.15) is 0 Å². The maximum atomic E-state index is 5.99. The Labute approximate surface area is 104 Å². The van der Waals surface area contributed by atoms with Gasteiger partial charge in [-0.15, -0.1) is 12.3 Å². The van der Waals surface area contributed by atoms with Crippen LogP contribution in [0.25, 0.3) is 0 Å². The van der Waals surface area contributed by atoms with Crippen LogP contribution in [-0.4, -0.2) is 6.54 Å². The molecule has 0 aliphatic heterocycles. The highest BCUT2D eigenvalue weighted by Gasteiger charge is 2.09. The average Bonchev–Trinajstić information content (AvgIpc) is 2.16. The first kappa shape index (κ1) is 12.6. The fourth-order valence-electron chi connectivity index (χ4n) is 1.45. The molecule has 0 aliphatic carbocycles. The second-order valence-corrected chi connectivity index (χ2v) is 4.57. The zero-order chi connectivity index (χ0) is 11.3. The molecule has 0 amide bonds. The van der Waals surface area contributed by atoms with Crippen molar-refractivity contribution in [2.75, 3.05) is 6.54 Å². The van der Waals surface area contributed by atoms with Gasteiger partial charge in [0.2, 0.25) is 0 Å². The normalized spacial score (nSPS) is 12.1. The minimum atomic E-state index is 0.176. The van der Waals surface area contributed by atoms with E-state index in [4.69, 9.17) is 18.0 Å². The van der Waals surface area contributed by atoms with E-state index in [1.165, 1.54) is 0 Å². The van der Waals surface area contributed by atoms with Crippen LogP contribution < -0.4 is 5.32 Å². The molecule has 1 aromatic rings. The summed E-state index contributed by atoms with van der Waals surface area (Å²) < 4.78 is 0.977. The first-order valence-electron chi connectivity index (χ1n) is 4.80. The molecule has 1 rings (SSSR count). The van der Waals surface area contributed by atoms with Gasteiger partial charge in [0.05, 0.1) is 0 Å². The van der Waals surface area contributed by atoms with Crippen molar-refractivity contribution in [3.63, 3.8) is 0 Å². The van der Waals surface area contributed by atoms with E-state index in [-0.39, 0.29) is 6.04 Å². The monoisotopic (exact) mass is 285 g/mol. The van der Waals surface area contributed by atoms with Gasteiger partial charge in [-0.05, 0) is 30.3 Å². The second-order valence-electron chi connectivity index (χ2n) is 3.22. The fourth-order valence-corrected chi connectivity index (χ4v) is 2.33. The van der Waals surface area contributed by atoms with Crippen molar-refractivity contribution < 1.29 is 0 Å². The Morgan fingerprint density at radius 2 is 2.27 bits per heavy atom. The van der Waals surface area contributed by atoms with Crippen molar-refractivity contribution >= 4 is 27.5 Å². The van der Waals surface area contributed by atoms with E-state index in [2.05, 4.69) is 34.1 Å². The lowest BCUT2D eigenvalue weighted by atomic mass is 10.0. The molecule has 1 unspecified atom stereocenters. The standard InChI is InChI=1S/C12H13BrClN/c1-3-5-12(15-4-2)9-6-10(13)8-11(14)7-9/h1,6-8,12,15H,4-5H2,2H3. The number of hydrogen-bond donors (Lipinski definition) is 1. The first-order chi connectivity index (χ1) is 7.17. The van der Waals surface area contributed by atoms with Gasteiger partial charge in [-0.2, -0.15) is 0 Å². The topological polar surface area (TPSA) is 12.0 Å². The summed E-state index contributed by atoms with van der Waals surface area (Å²) in [6.07, 6.45) is 6.01. The van der Waals surface area contributed by atoms with Crippen molar-refractivity contribution in [2.24, 2.45) is 0 Å². The molecule has 1 nitrogen and oxygen atoms in total. The number of terminal acetylenes is 1. The molecule has 3 heteroatoms. The predicted octanol–water partition coefficient (Wildman–Crippen LogP) is 3.78. The van der Waals surface area contributed by atoms with Crippen molar-refractivity contribution in [3.8, 4) is 12.3 Å². The van der Waals surface area contributed by atoms with Crippen molar-refractivity contribution in [2.45, 2.75) is 19.4 Å². The Morgan fingerprint density at radius 3 is 2.80 bits per heavy atom. The molecule has 0 saturated carbocycles. The average molecular weight is 287 g/mol. The number of nitrogens with one attached hydrogen (secondary N) is 1. The lowest BCUT2D eigenvalue weighted by molar-refractivity contribution is 0.565. The van der Waals surface area contributed by atoms with Gasteiger partial charge >= 0.3 is 0 Å². The molecule has 0 spiro atoms. The van der Waals surface area contributed by atoms with Gasteiger partial charge in [-0.3, -0.25) is 0 Å². The number of benzene rings is 1. The summed E-state index contributed by atoms with van der Waals surface area (Å²) in [5, 5.41) is 4.05. The highest BCUT2D eigenvalue weighted by atomic mass is 79.9. The molecular weight excluding hydrogens is 273 g/mol. The summed E-state index contributed by atoms with van der Waals surface area (Å²) in [5.74, 6) is 2.67. The van der Waals surface area contributed by atoms with E-state index in [0.717, 1.165) is 21.6 Å². The highest BCUT2D eigenvalue weighted by Crippen LogP contribution is 2.25. The molecule has 0 saturated heterocycles. The van der Waals surface area contributed by atoms with E-state index in [9.17, 15) is 0 Å². The summed E-state index contributed by atoms with van der Waals surface area (Å²) >= 11 is 9.40. The molecule has 0 bridgehead atoms. The predicted molar refractivity (Wildman–Crippen MR) is 69.0 cm³/mol. The number of rotatable bonds is 4. The third-order valence-corrected chi connectivity index (χ3v) is 2.74. The molecule has 0 fully saturated rings. The van der Waals surface area contributed by atoms with Crippen LogP contribution in [0, 0.1) is 12.3 Å². The molecule has 1 aromatic carbocycles. The molecule has 1 atom stereocenters. The summed E-state index contributed by atoms with van der Waals surface area (Å²) in [4.78, 5) is 0. The van der Waals surface area contributed by atoms with E-state index in [0.29, 0.717) is 6.42 Å². The van der Waals surface area contributed by atoms with Gasteiger partial charge < -0.3 is 5.32 Å². The zero-order valence-electron chi connectivity index (χ0n) is 8.56. The quantitative estimate of drug-likeness (QED) is 0.831.